The molecule has 0 saturated carbocycles. The predicted octanol–water partition coefficient (Wildman–Crippen LogP) is 4.43. The van der Waals surface area contributed by atoms with Gasteiger partial charge >= 0.3 is 0 Å². The summed E-state index contributed by atoms with van der Waals surface area (Å²) in [5, 5.41) is 4.96. The molecule has 0 radical (unpaired) electrons. The first-order chi connectivity index (χ1) is 10.3. The molecule has 21 heavy (non-hydrogen) atoms. The molecule has 0 bridgehead atoms. The van der Waals surface area contributed by atoms with Crippen LogP contribution in [0.2, 0.25) is 0 Å². The quantitative estimate of drug-likeness (QED) is 0.879. The molecule has 1 fully saturated rings. The van der Waals surface area contributed by atoms with Crippen LogP contribution in [-0.2, 0) is 0 Å². The molecule has 1 aliphatic heterocycles. The largest absolute Gasteiger partial charge is 0.315 e. The van der Waals surface area contributed by atoms with E-state index in [1.807, 2.05) is 11.3 Å². The van der Waals surface area contributed by atoms with Crippen molar-refractivity contribution in [2.45, 2.75) is 45.2 Å². The molecule has 2 unspecified atom stereocenters. The van der Waals surface area contributed by atoms with Gasteiger partial charge in [0.25, 0.3) is 0 Å². The second-order valence-electron chi connectivity index (χ2n) is 6.10. The molecule has 0 spiro atoms. The summed E-state index contributed by atoms with van der Waals surface area (Å²) in [5.74, 6) is 0. The maximum atomic E-state index is 3.57. The van der Waals surface area contributed by atoms with Crippen molar-refractivity contribution in [2.75, 3.05) is 19.6 Å². The average Bonchev–Trinajstić information content (AvgIpc) is 2.97. The Morgan fingerprint density at radius 2 is 2.24 bits per heavy atom. The summed E-state index contributed by atoms with van der Waals surface area (Å²) in [6.07, 6.45) is 3.87. The van der Waals surface area contributed by atoms with E-state index in [2.05, 4.69) is 54.4 Å². The fraction of sp³-hybridized carbons (Fsp3) is 0.556. The van der Waals surface area contributed by atoms with Crippen molar-refractivity contribution in [1.29, 1.82) is 0 Å². The number of hydrogen-bond donors (Lipinski definition) is 1. The van der Waals surface area contributed by atoms with Crippen LogP contribution >= 0.6 is 11.3 Å². The van der Waals surface area contributed by atoms with Crippen molar-refractivity contribution in [3.8, 4) is 0 Å². The molecule has 3 heteroatoms. The molecule has 114 valence electrons. The van der Waals surface area contributed by atoms with Crippen molar-refractivity contribution in [3.05, 3.63) is 35.2 Å². The van der Waals surface area contributed by atoms with Crippen molar-refractivity contribution >= 4 is 21.4 Å². The van der Waals surface area contributed by atoms with E-state index in [1.54, 1.807) is 0 Å². The van der Waals surface area contributed by atoms with E-state index < -0.39 is 0 Å². The van der Waals surface area contributed by atoms with Crippen LogP contribution < -0.4 is 5.32 Å². The topological polar surface area (TPSA) is 15.3 Å². The highest BCUT2D eigenvalue weighted by Crippen LogP contribution is 2.34. The number of piperidine rings is 1. The third-order valence-electron chi connectivity index (χ3n) is 4.58. The van der Waals surface area contributed by atoms with Crippen LogP contribution in [0.1, 0.15) is 44.0 Å². The number of benzene rings is 1. The molecule has 3 rings (SSSR count). The highest BCUT2D eigenvalue weighted by Gasteiger charge is 2.26. The van der Waals surface area contributed by atoms with Gasteiger partial charge < -0.3 is 5.32 Å². The van der Waals surface area contributed by atoms with Gasteiger partial charge in [-0.2, -0.15) is 0 Å². The van der Waals surface area contributed by atoms with Crippen molar-refractivity contribution in [2.24, 2.45) is 0 Å². The fourth-order valence-electron chi connectivity index (χ4n) is 3.44. The van der Waals surface area contributed by atoms with Crippen LogP contribution in [0.3, 0.4) is 0 Å². The van der Waals surface area contributed by atoms with E-state index in [0.717, 1.165) is 6.54 Å². The lowest BCUT2D eigenvalue weighted by Gasteiger charge is -2.38. The predicted molar refractivity (Wildman–Crippen MR) is 93.1 cm³/mol. The summed E-state index contributed by atoms with van der Waals surface area (Å²) < 4.78 is 1.41. The number of thiophene rings is 1. The molecule has 2 atom stereocenters. The summed E-state index contributed by atoms with van der Waals surface area (Å²) in [7, 11) is 0. The van der Waals surface area contributed by atoms with Crippen LogP contribution in [0.4, 0.5) is 0 Å². The Labute approximate surface area is 132 Å². The van der Waals surface area contributed by atoms with Gasteiger partial charge in [0.2, 0.25) is 0 Å². The Morgan fingerprint density at radius 1 is 1.38 bits per heavy atom. The number of nitrogens with one attached hydrogen (secondary N) is 1. The summed E-state index contributed by atoms with van der Waals surface area (Å²) in [6, 6.07) is 12.4. The van der Waals surface area contributed by atoms with Gasteiger partial charge in [-0.05, 0) is 56.8 Å². The van der Waals surface area contributed by atoms with Crippen LogP contribution in [0, 0.1) is 0 Å². The first-order valence-electron chi connectivity index (χ1n) is 8.24. The number of rotatable bonds is 5. The summed E-state index contributed by atoms with van der Waals surface area (Å²) >= 11 is 1.96. The smallest absolute Gasteiger partial charge is 0.0417 e. The van der Waals surface area contributed by atoms with Crippen LogP contribution in [0.15, 0.2) is 30.3 Å². The SMILES string of the molecule is CCCN(C1CCCNC1)C(C)c1cc2ccccc2s1. The maximum absolute atomic E-state index is 3.57. The van der Waals surface area contributed by atoms with E-state index >= 15 is 0 Å². The maximum Gasteiger partial charge on any atom is 0.0417 e. The molecule has 2 aromatic rings. The van der Waals surface area contributed by atoms with Gasteiger partial charge in [-0.25, -0.2) is 0 Å². The second kappa shape index (κ2) is 6.91. The number of fused-ring (bicyclic) bond motifs is 1. The molecule has 0 aliphatic carbocycles. The Kier molecular flexibility index (Phi) is 4.94. The molecular weight excluding hydrogens is 276 g/mol. The van der Waals surface area contributed by atoms with Crippen molar-refractivity contribution in [1.82, 2.24) is 10.2 Å². The molecule has 1 saturated heterocycles. The molecule has 1 N–H and O–H groups in total. The number of hydrogen-bond acceptors (Lipinski definition) is 3. The van der Waals surface area contributed by atoms with E-state index in [-0.39, 0.29) is 0 Å². The van der Waals surface area contributed by atoms with Crippen molar-refractivity contribution < 1.29 is 0 Å². The van der Waals surface area contributed by atoms with Gasteiger partial charge in [-0.3, -0.25) is 4.90 Å². The summed E-state index contributed by atoms with van der Waals surface area (Å²) in [6.45, 7) is 8.21. The Balaban J connectivity index is 1.83. The first-order valence-corrected chi connectivity index (χ1v) is 9.06. The van der Waals surface area contributed by atoms with Gasteiger partial charge in [-0.15, -0.1) is 11.3 Å². The van der Waals surface area contributed by atoms with Crippen molar-refractivity contribution in [3.63, 3.8) is 0 Å². The van der Waals surface area contributed by atoms with Crippen LogP contribution in [0.5, 0.6) is 0 Å². The summed E-state index contributed by atoms with van der Waals surface area (Å²) in [5.41, 5.74) is 0. The van der Waals surface area contributed by atoms with E-state index in [9.17, 15) is 0 Å². The lowest BCUT2D eigenvalue weighted by Crippen LogP contribution is -2.47. The zero-order valence-electron chi connectivity index (χ0n) is 13.1. The minimum Gasteiger partial charge on any atom is -0.315 e. The van der Waals surface area contributed by atoms with Gasteiger partial charge in [-0.1, -0.05) is 25.1 Å². The van der Waals surface area contributed by atoms with E-state index in [1.165, 1.54) is 47.3 Å². The zero-order chi connectivity index (χ0) is 14.7. The van der Waals surface area contributed by atoms with Gasteiger partial charge in [0.15, 0.2) is 0 Å². The zero-order valence-corrected chi connectivity index (χ0v) is 14.0. The summed E-state index contributed by atoms with van der Waals surface area (Å²) in [4.78, 5) is 4.23. The third kappa shape index (κ3) is 3.31. The van der Waals surface area contributed by atoms with Gasteiger partial charge in [0, 0.05) is 28.2 Å². The van der Waals surface area contributed by atoms with Gasteiger partial charge in [0.05, 0.1) is 0 Å². The molecule has 0 amide bonds. The highest BCUT2D eigenvalue weighted by molar-refractivity contribution is 7.19. The minimum absolute atomic E-state index is 0.521. The highest BCUT2D eigenvalue weighted by atomic mass is 32.1. The monoisotopic (exact) mass is 302 g/mol. The molecule has 2 nitrogen and oxygen atoms in total. The standard InChI is InChI=1S/C18H26N2S/c1-3-11-20(16-8-6-10-19-13-16)14(2)18-12-15-7-4-5-9-17(15)21-18/h4-5,7,9,12,14,16,19H,3,6,8,10-11,13H2,1-2H3. The lowest BCUT2D eigenvalue weighted by atomic mass is 10.0. The molecule has 2 heterocycles. The average molecular weight is 302 g/mol. The van der Waals surface area contributed by atoms with Gasteiger partial charge in [0.1, 0.15) is 0 Å². The second-order valence-corrected chi connectivity index (χ2v) is 7.22. The normalized spacial score (nSPS) is 21.0. The first kappa shape index (κ1) is 15.0. The minimum atomic E-state index is 0.521. The molecule has 1 aliphatic rings. The third-order valence-corrected chi connectivity index (χ3v) is 5.86. The Hall–Kier alpha value is -0.900. The van der Waals surface area contributed by atoms with Crippen LogP contribution in [0.25, 0.3) is 10.1 Å². The molecular formula is C18H26N2S. The van der Waals surface area contributed by atoms with E-state index in [4.69, 9.17) is 0 Å². The number of nitrogens with zero attached hydrogens (tertiary/aromatic N) is 1. The molecule has 1 aromatic carbocycles. The lowest BCUT2D eigenvalue weighted by molar-refractivity contribution is 0.122. The Morgan fingerprint density at radius 3 is 2.95 bits per heavy atom. The van der Waals surface area contributed by atoms with Crippen LogP contribution in [-0.4, -0.2) is 30.6 Å². The van der Waals surface area contributed by atoms with E-state index in [0.29, 0.717) is 12.1 Å². The Bertz CT molecular complexity index is 538. The molecule has 1 aromatic heterocycles. The fourth-order valence-corrected chi connectivity index (χ4v) is 4.58.